The fourth-order valence-electron chi connectivity index (χ4n) is 1.35. The van der Waals surface area contributed by atoms with Crippen LogP contribution in [0, 0.1) is 0 Å². The Morgan fingerprint density at radius 3 is 2.67 bits per heavy atom. The van der Waals surface area contributed by atoms with Gasteiger partial charge < -0.3 is 15.3 Å². The first-order valence-electron chi connectivity index (χ1n) is 5.65. The van der Waals surface area contributed by atoms with Crippen molar-refractivity contribution in [3.05, 3.63) is 0 Å². The molecule has 4 nitrogen and oxygen atoms in total. The van der Waals surface area contributed by atoms with Crippen LogP contribution in [0.4, 0.5) is 0 Å². The molecule has 1 aliphatic carbocycles. The summed E-state index contributed by atoms with van der Waals surface area (Å²) in [5.74, 6) is 0.115. The molecule has 1 unspecified atom stereocenters. The first-order valence-corrected chi connectivity index (χ1v) is 5.65. The molecule has 0 aromatic heterocycles. The summed E-state index contributed by atoms with van der Waals surface area (Å²) in [6.45, 7) is 4.49. The van der Waals surface area contributed by atoms with Gasteiger partial charge in [0.25, 0.3) is 0 Å². The number of nitrogens with one attached hydrogen (secondary N) is 1. The maximum absolute atomic E-state index is 11.6. The van der Waals surface area contributed by atoms with Crippen molar-refractivity contribution in [3.8, 4) is 0 Å². The van der Waals surface area contributed by atoms with E-state index >= 15 is 0 Å². The quantitative estimate of drug-likeness (QED) is 0.671. The molecular formula is C11H22N2O2. The van der Waals surface area contributed by atoms with Crippen molar-refractivity contribution >= 4 is 5.91 Å². The lowest BCUT2D eigenvalue weighted by Gasteiger charge is -2.22. The first-order chi connectivity index (χ1) is 6.96. The molecule has 1 saturated carbocycles. The Morgan fingerprint density at radius 2 is 2.20 bits per heavy atom. The zero-order valence-corrected chi connectivity index (χ0v) is 9.92. The smallest absolute Gasteiger partial charge is 0.236 e. The predicted octanol–water partition coefficient (Wildman–Crippen LogP) is 0.358. The van der Waals surface area contributed by atoms with Gasteiger partial charge in [0, 0.05) is 19.6 Å². The second-order valence-corrected chi connectivity index (χ2v) is 4.69. The third kappa shape index (κ3) is 4.18. The van der Waals surface area contributed by atoms with Crippen LogP contribution >= 0.6 is 0 Å². The van der Waals surface area contributed by atoms with E-state index in [0.29, 0.717) is 25.6 Å². The van der Waals surface area contributed by atoms with Crippen molar-refractivity contribution in [3.63, 3.8) is 0 Å². The number of carbonyl (C=O) groups is 1. The van der Waals surface area contributed by atoms with Gasteiger partial charge >= 0.3 is 0 Å². The van der Waals surface area contributed by atoms with Crippen molar-refractivity contribution in [2.75, 3.05) is 20.1 Å². The number of hydrogen-bond donors (Lipinski definition) is 2. The topological polar surface area (TPSA) is 52.6 Å². The lowest BCUT2D eigenvalue weighted by molar-refractivity contribution is -0.129. The van der Waals surface area contributed by atoms with E-state index < -0.39 is 5.60 Å². The molecule has 1 atom stereocenters. The van der Waals surface area contributed by atoms with E-state index in [0.717, 1.165) is 12.8 Å². The number of likely N-dealkylation sites (N-methyl/N-ethyl adjacent to an activating group) is 1. The predicted molar refractivity (Wildman–Crippen MR) is 59.6 cm³/mol. The van der Waals surface area contributed by atoms with Gasteiger partial charge in [0.15, 0.2) is 0 Å². The molecule has 0 aliphatic heterocycles. The number of carbonyl (C=O) groups excluding carboxylic acids is 1. The van der Waals surface area contributed by atoms with Crippen LogP contribution in [-0.2, 0) is 4.79 Å². The maximum Gasteiger partial charge on any atom is 0.236 e. The summed E-state index contributed by atoms with van der Waals surface area (Å²) in [5, 5.41) is 12.7. The minimum absolute atomic E-state index is 0.115. The molecular weight excluding hydrogens is 192 g/mol. The van der Waals surface area contributed by atoms with Gasteiger partial charge in [-0.05, 0) is 26.2 Å². The minimum Gasteiger partial charge on any atom is -0.389 e. The van der Waals surface area contributed by atoms with Crippen LogP contribution in [0.5, 0.6) is 0 Å². The normalized spacial score (nSPS) is 19.7. The van der Waals surface area contributed by atoms with E-state index in [-0.39, 0.29) is 5.91 Å². The molecule has 15 heavy (non-hydrogen) atoms. The fraction of sp³-hybridized carbons (Fsp3) is 0.909. The van der Waals surface area contributed by atoms with E-state index in [9.17, 15) is 9.90 Å². The van der Waals surface area contributed by atoms with E-state index in [4.69, 9.17) is 0 Å². The maximum atomic E-state index is 11.6. The fourth-order valence-corrected chi connectivity index (χ4v) is 1.35. The molecule has 0 radical (unpaired) electrons. The number of aliphatic hydroxyl groups is 1. The minimum atomic E-state index is -0.710. The van der Waals surface area contributed by atoms with Gasteiger partial charge in [-0.2, -0.15) is 0 Å². The second kappa shape index (κ2) is 4.94. The molecule has 1 fully saturated rings. The SMILES string of the molecule is CCC(C)(O)CNCC(=O)N(C)C1CC1. The monoisotopic (exact) mass is 214 g/mol. The average Bonchev–Trinajstić information content (AvgIpc) is 2.99. The lowest BCUT2D eigenvalue weighted by atomic mass is 10.0. The highest BCUT2D eigenvalue weighted by molar-refractivity contribution is 5.78. The molecule has 1 amide bonds. The van der Waals surface area contributed by atoms with Crippen LogP contribution in [-0.4, -0.2) is 47.7 Å². The highest BCUT2D eigenvalue weighted by Gasteiger charge is 2.29. The van der Waals surface area contributed by atoms with Gasteiger partial charge in [0.05, 0.1) is 12.1 Å². The molecule has 0 aromatic rings. The van der Waals surface area contributed by atoms with Crippen LogP contribution in [0.2, 0.25) is 0 Å². The Balaban J connectivity index is 2.16. The van der Waals surface area contributed by atoms with E-state index in [1.165, 1.54) is 0 Å². The van der Waals surface area contributed by atoms with Gasteiger partial charge in [-0.25, -0.2) is 0 Å². The largest absolute Gasteiger partial charge is 0.389 e. The van der Waals surface area contributed by atoms with Gasteiger partial charge in [-0.3, -0.25) is 4.79 Å². The summed E-state index contributed by atoms with van der Waals surface area (Å²) in [5.41, 5.74) is -0.710. The van der Waals surface area contributed by atoms with Crippen LogP contribution < -0.4 is 5.32 Å². The molecule has 88 valence electrons. The van der Waals surface area contributed by atoms with Crippen molar-refractivity contribution in [1.29, 1.82) is 0 Å². The third-order valence-electron chi connectivity index (χ3n) is 3.03. The third-order valence-corrected chi connectivity index (χ3v) is 3.03. The Hall–Kier alpha value is -0.610. The number of amides is 1. The Bertz CT molecular complexity index is 225. The van der Waals surface area contributed by atoms with Crippen LogP contribution in [0.25, 0.3) is 0 Å². The molecule has 0 aromatic carbocycles. The molecule has 1 rings (SSSR count). The summed E-state index contributed by atoms with van der Waals surface area (Å²) in [6, 6.07) is 0.464. The summed E-state index contributed by atoms with van der Waals surface area (Å²) >= 11 is 0. The highest BCUT2D eigenvalue weighted by Crippen LogP contribution is 2.25. The van der Waals surface area contributed by atoms with Gasteiger partial charge in [0.1, 0.15) is 0 Å². The molecule has 0 spiro atoms. The summed E-state index contributed by atoms with van der Waals surface area (Å²) < 4.78 is 0. The van der Waals surface area contributed by atoms with Gasteiger partial charge in [0.2, 0.25) is 5.91 Å². The number of rotatable bonds is 6. The van der Waals surface area contributed by atoms with Crippen LogP contribution in [0.3, 0.4) is 0 Å². The van der Waals surface area contributed by atoms with Crippen molar-refractivity contribution in [2.45, 2.75) is 44.8 Å². The molecule has 0 saturated heterocycles. The number of hydrogen-bond acceptors (Lipinski definition) is 3. The molecule has 1 aliphatic rings. The Labute approximate surface area is 91.6 Å². The number of nitrogens with zero attached hydrogens (tertiary/aromatic N) is 1. The van der Waals surface area contributed by atoms with Gasteiger partial charge in [-0.15, -0.1) is 0 Å². The second-order valence-electron chi connectivity index (χ2n) is 4.69. The van der Waals surface area contributed by atoms with Crippen LogP contribution in [0.15, 0.2) is 0 Å². The van der Waals surface area contributed by atoms with Crippen molar-refractivity contribution in [2.24, 2.45) is 0 Å². The van der Waals surface area contributed by atoms with Crippen molar-refractivity contribution in [1.82, 2.24) is 10.2 Å². The summed E-state index contributed by atoms with van der Waals surface area (Å²) in [7, 11) is 1.85. The Morgan fingerprint density at radius 1 is 1.60 bits per heavy atom. The first kappa shape index (κ1) is 12.5. The summed E-state index contributed by atoms with van der Waals surface area (Å²) in [6.07, 6.45) is 2.95. The molecule has 4 heteroatoms. The summed E-state index contributed by atoms with van der Waals surface area (Å²) in [4.78, 5) is 13.4. The highest BCUT2D eigenvalue weighted by atomic mass is 16.3. The zero-order chi connectivity index (χ0) is 11.5. The van der Waals surface area contributed by atoms with E-state index in [1.54, 1.807) is 11.8 Å². The standard InChI is InChI=1S/C11H22N2O2/c1-4-11(2,15)8-12-7-10(14)13(3)9-5-6-9/h9,12,15H,4-8H2,1-3H3. The van der Waals surface area contributed by atoms with Crippen LogP contribution in [0.1, 0.15) is 33.1 Å². The van der Waals surface area contributed by atoms with E-state index in [1.807, 2.05) is 14.0 Å². The average molecular weight is 214 g/mol. The zero-order valence-electron chi connectivity index (χ0n) is 9.92. The Kier molecular flexibility index (Phi) is 4.11. The lowest BCUT2D eigenvalue weighted by Crippen LogP contribution is -2.43. The van der Waals surface area contributed by atoms with E-state index in [2.05, 4.69) is 5.32 Å². The van der Waals surface area contributed by atoms with Crippen molar-refractivity contribution < 1.29 is 9.90 Å². The molecule has 2 N–H and O–H groups in total. The molecule has 0 bridgehead atoms. The molecule has 0 heterocycles. The van der Waals surface area contributed by atoms with Gasteiger partial charge in [-0.1, -0.05) is 6.92 Å².